The van der Waals surface area contributed by atoms with E-state index in [1.165, 1.54) is 18.2 Å². The third-order valence-corrected chi connectivity index (χ3v) is 8.28. The first-order valence-corrected chi connectivity index (χ1v) is 14.4. The second-order valence-corrected chi connectivity index (χ2v) is 11.3. The molecule has 0 saturated carbocycles. The molecule has 7 nitrogen and oxygen atoms in total. The quantitative estimate of drug-likeness (QED) is 0.268. The Balaban J connectivity index is 1.53. The normalized spacial score (nSPS) is 20.4. The van der Waals surface area contributed by atoms with Gasteiger partial charge in [-0.3, -0.25) is 9.48 Å². The third-order valence-electron chi connectivity index (χ3n) is 7.21. The number of hydrogen-bond acceptors (Lipinski definition) is 7. The van der Waals surface area contributed by atoms with Gasteiger partial charge in [-0.2, -0.15) is 0 Å². The lowest BCUT2D eigenvalue weighted by atomic mass is 9.88. The number of nitrogens with zero attached hydrogens (tertiary/aromatic N) is 4. The Hall–Kier alpha value is -2.84. The Morgan fingerprint density at radius 3 is 2.82 bits per heavy atom. The first-order chi connectivity index (χ1) is 18.4. The molecule has 3 atom stereocenters. The number of aryl methyl sites for hydroxylation is 3. The molecule has 0 fully saturated rings. The molecule has 0 amide bonds. The van der Waals surface area contributed by atoms with E-state index in [-0.39, 0.29) is 18.0 Å². The number of allylic oxidation sites excluding steroid dienone is 4. The fourth-order valence-corrected chi connectivity index (χ4v) is 5.93. The van der Waals surface area contributed by atoms with Crippen molar-refractivity contribution in [3.05, 3.63) is 81.7 Å². The maximum absolute atomic E-state index is 12.3. The standard InChI is InChI=1S/C30H40N4O3S/c1-6-23-9-14-28-29(15-10-23)38-34(18-22(4)37-28)19-26-16-24(11-8-21(26)3)25(17-30(35)36-5)12-13-27-20-33(7-2)32-31-27/h8-11,14-16,20,22-23,25H,6-7,12-13,17-19H2,1-5H3. The number of rotatable bonds is 10. The predicted octanol–water partition coefficient (Wildman–Crippen LogP) is 6.12. The molecule has 0 N–H and O–H groups in total. The maximum atomic E-state index is 12.3. The zero-order chi connectivity index (χ0) is 27.1. The third kappa shape index (κ3) is 7.38. The average Bonchev–Trinajstić information content (AvgIpc) is 3.22. The number of carbonyl (C=O) groups excluding carboxylic acids is 1. The fourth-order valence-electron chi connectivity index (χ4n) is 4.82. The van der Waals surface area contributed by atoms with Crippen molar-refractivity contribution in [2.45, 2.75) is 78.5 Å². The van der Waals surface area contributed by atoms with E-state index in [0.29, 0.717) is 12.3 Å². The smallest absolute Gasteiger partial charge is 0.306 e. The molecule has 0 spiro atoms. The van der Waals surface area contributed by atoms with Gasteiger partial charge in [-0.25, -0.2) is 4.31 Å². The van der Waals surface area contributed by atoms with Gasteiger partial charge in [0.25, 0.3) is 0 Å². The van der Waals surface area contributed by atoms with Gasteiger partial charge in [0.05, 0.1) is 24.1 Å². The number of methoxy groups -OCH3 is 1. The van der Waals surface area contributed by atoms with Crippen molar-refractivity contribution in [3.63, 3.8) is 0 Å². The molecule has 3 unspecified atom stereocenters. The molecule has 0 radical (unpaired) electrons. The second-order valence-electron chi connectivity index (χ2n) is 10.1. The summed E-state index contributed by atoms with van der Waals surface area (Å²) in [5.41, 5.74) is 4.61. The van der Waals surface area contributed by atoms with Gasteiger partial charge >= 0.3 is 5.97 Å². The lowest BCUT2D eigenvalue weighted by molar-refractivity contribution is -0.141. The zero-order valence-electron chi connectivity index (χ0n) is 23.2. The number of ether oxygens (including phenoxy) is 2. The first-order valence-electron chi connectivity index (χ1n) is 13.6. The van der Waals surface area contributed by atoms with Crippen molar-refractivity contribution in [1.82, 2.24) is 19.3 Å². The Morgan fingerprint density at radius 1 is 1.26 bits per heavy atom. The summed E-state index contributed by atoms with van der Waals surface area (Å²) < 4.78 is 15.6. The van der Waals surface area contributed by atoms with Gasteiger partial charge in [0.1, 0.15) is 11.9 Å². The number of hydrogen-bond donors (Lipinski definition) is 0. The van der Waals surface area contributed by atoms with Crippen molar-refractivity contribution in [1.29, 1.82) is 0 Å². The molecule has 2 aliphatic rings. The van der Waals surface area contributed by atoms with E-state index in [2.05, 4.69) is 77.9 Å². The van der Waals surface area contributed by atoms with Gasteiger partial charge in [0, 0.05) is 25.8 Å². The zero-order valence-corrected chi connectivity index (χ0v) is 24.0. The molecule has 38 heavy (non-hydrogen) atoms. The molecule has 1 aliphatic heterocycles. The second kappa shape index (κ2) is 13.3. The van der Waals surface area contributed by atoms with Crippen LogP contribution in [0.5, 0.6) is 0 Å². The van der Waals surface area contributed by atoms with Crippen molar-refractivity contribution >= 4 is 17.9 Å². The van der Waals surface area contributed by atoms with Gasteiger partial charge < -0.3 is 9.47 Å². The molecular formula is C30H40N4O3S. The monoisotopic (exact) mass is 536 g/mol. The largest absolute Gasteiger partial charge is 0.488 e. The lowest BCUT2D eigenvalue weighted by Gasteiger charge is -2.24. The van der Waals surface area contributed by atoms with Crippen molar-refractivity contribution in [2.75, 3.05) is 13.7 Å². The van der Waals surface area contributed by atoms with Crippen LogP contribution in [0.15, 0.2) is 59.4 Å². The van der Waals surface area contributed by atoms with Crippen molar-refractivity contribution in [2.24, 2.45) is 5.92 Å². The number of esters is 1. The molecule has 8 heteroatoms. The average molecular weight is 537 g/mol. The lowest BCUT2D eigenvalue weighted by Crippen LogP contribution is -2.25. The number of aromatic nitrogens is 3. The van der Waals surface area contributed by atoms with Crippen LogP contribution in [0, 0.1) is 12.8 Å². The molecule has 2 aromatic rings. The fraction of sp³-hybridized carbons (Fsp3) is 0.500. The summed E-state index contributed by atoms with van der Waals surface area (Å²) in [4.78, 5) is 13.5. The van der Waals surface area contributed by atoms with Crippen LogP contribution in [-0.4, -0.2) is 45.0 Å². The van der Waals surface area contributed by atoms with E-state index in [1.807, 2.05) is 17.8 Å². The summed E-state index contributed by atoms with van der Waals surface area (Å²) in [5, 5.41) is 8.44. The van der Waals surface area contributed by atoms with Crippen LogP contribution >= 0.6 is 11.9 Å². The van der Waals surface area contributed by atoms with Crippen LogP contribution in [0.1, 0.15) is 68.3 Å². The van der Waals surface area contributed by atoms with Crippen LogP contribution in [0.3, 0.4) is 0 Å². The molecule has 4 rings (SSSR count). The maximum Gasteiger partial charge on any atom is 0.306 e. The highest BCUT2D eigenvalue weighted by Crippen LogP contribution is 2.36. The summed E-state index contributed by atoms with van der Waals surface area (Å²) in [6.45, 7) is 10.9. The molecule has 1 aliphatic carbocycles. The van der Waals surface area contributed by atoms with E-state index < -0.39 is 0 Å². The summed E-state index contributed by atoms with van der Waals surface area (Å²) in [6, 6.07) is 6.60. The minimum atomic E-state index is -0.193. The van der Waals surface area contributed by atoms with Crippen LogP contribution in [0.4, 0.5) is 0 Å². The van der Waals surface area contributed by atoms with Crippen LogP contribution in [0.25, 0.3) is 0 Å². The first kappa shape index (κ1) is 28.2. The number of benzene rings is 1. The summed E-state index contributed by atoms with van der Waals surface area (Å²) >= 11 is 1.77. The van der Waals surface area contributed by atoms with Crippen LogP contribution < -0.4 is 0 Å². The van der Waals surface area contributed by atoms with Gasteiger partial charge in [-0.1, -0.05) is 42.5 Å². The highest BCUT2D eigenvalue weighted by atomic mass is 32.2. The Labute approximate surface area is 231 Å². The molecule has 204 valence electrons. The van der Waals surface area contributed by atoms with E-state index in [4.69, 9.17) is 9.47 Å². The number of carbonyl (C=O) groups is 1. The Bertz CT molecular complexity index is 1200. The topological polar surface area (TPSA) is 69.5 Å². The van der Waals surface area contributed by atoms with Crippen LogP contribution in [-0.2, 0) is 33.8 Å². The minimum absolute atomic E-state index is 0.0443. The summed E-state index contributed by atoms with van der Waals surface area (Å²) in [7, 11) is 1.45. The molecule has 2 heterocycles. The summed E-state index contributed by atoms with van der Waals surface area (Å²) in [6.07, 6.45) is 13.9. The van der Waals surface area contributed by atoms with E-state index in [0.717, 1.165) is 60.8 Å². The van der Waals surface area contributed by atoms with Gasteiger partial charge in [0.2, 0.25) is 0 Å². The molecule has 1 aromatic heterocycles. The molecule has 0 bridgehead atoms. The summed E-state index contributed by atoms with van der Waals surface area (Å²) in [5.74, 6) is 1.25. The van der Waals surface area contributed by atoms with Gasteiger partial charge in [-0.05, 0) is 92.7 Å². The van der Waals surface area contributed by atoms with Gasteiger partial charge in [0.15, 0.2) is 0 Å². The Kier molecular flexibility index (Phi) is 9.86. The van der Waals surface area contributed by atoms with Gasteiger partial charge in [-0.15, -0.1) is 5.10 Å². The highest BCUT2D eigenvalue weighted by molar-refractivity contribution is 8.01. The predicted molar refractivity (Wildman–Crippen MR) is 152 cm³/mol. The SMILES string of the molecule is CCC1C=CC2=C(C=C1)SN(Cc1cc(C(CCc3cn(CC)nn3)CC(=O)OC)ccc1C)CC(C)O2. The Morgan fingerprint density at radius 2 is 2.08 bits per heavy atom. The van der Waals surface area contributed by atoms with Crippen molar-refractivity contribution in [3.8, 4) is 0 Å². The molecule has 0 saturated heterocycles. The van der Waals surface area contributed by atoms with E-state index >= 15 is 0 Å². The van der Waals surface area contributed by atoms with E-state index in [9.17, 15) is 4.79 Å². The minimum Gasteiger partial charge on any atom is -0.488 e. The van der Waals surface area contributed by atoms with E-state index in [1.54, 1.807) is 11.9 Å². The molecule has 1 aromatic carbocycles. The van der Waals surface area contributed by atoms with Crippen molar-refractivity contribution < 1.29 is 14.3 Å². The molecular weight excluding hydrogens is 496 g/mol. The highest BCUT2D eigenvalue weighted by Gasteiger charge is 2.24. The van der Waals surface area contributed by atoms with Crippen LogP contribution in [0.2, 0.25) is 0 Å².